The molecular weight excluding hydrogens is 456 g/mol. The lowest BCUT2D eigenvalue weighted by Crippen LogP contribution is -2.49. The second-order valence-electron chi connectivity index (χ2n) is 8.33. The molecule has 1 amide bonds. The van der Waals surface area contributed by atoms with Crippen LogP contribution in [0.2, 0.25) is 0 Å². The van der Waals surface area contributed by atoms with Crippen LogP contribution in [-0.4, -0.2) is 57.2 Å². The summed E-state index contributed by atoms with van der Waals surface area (Å²) < 4.78 is 1.18. The molecule has 8 heteroatoms. The largest absolute Gasteiger partial charge is 0.337 e. The van der Waals surface area contributed by atoms with Crippen molar-refractivity contribution in [1.29, 1.82) is 0 Å². The summed E-state index contributed by atoms with van der Waals surface area (Å²) in [6, 6.07) is 24.1. The van der Waals surface area contributed by atoms with Gasteiger partial charge in [0.15, 0.2) is 5.69 Å². The summed E-state index contributed by atoms with van der Waals surface area (Å²) >= 11 is 1.67. The molecule has 0 spiro atoms. The Morgan fingerprint density at radius 2 is 1.54 bits per heavy atom. The molecule has 1 aliphatic rings. The Labute approximate surface area is 206 Å². The fourth-order valence-corrected chi connectivity index (χ4v) is 5.40. The van der Waals surface area contributed by atoms with E-state index in [2.05, 4.69) is 43.3 Å². The van der Waals surface area contributed by atoms with Gasteiger partial charge in [-0.15, -0.1) is 21.5 Å². The van der Waals surface area contributed by atoms with E-state index in [1.165, 1.54) is 4.70 Å². The third kappa shape index (κ3) is 4.24. The van der Waals surface area contributed by atoms with Crippen LogP contribution >= 0.6 is 11.3 Å². The van der Waals surface area contributed by atoms with Crippen LogP contribution in [0.25, 0.3) is 31.8 Å². The van der Waals surface area contributed by atoms with Gasteiger partial charge < -0.3 is 9.80 Å². The molecule has 0 aliphatic carbocycles. The normalized spacial score (nSPS) is 13.8. The lowest BCUT2D eigenvalue weighted by atomic mass is 10.1. The number of piperazine rings is 1. The number of amides is 1. The number of rotatable bonds is 4. The highest BCUT2D eigenvalue weighted by atomic mass is 32.1. The van der Waals surface area contributed by atoms with Gasteiger partial charge in [-0.2, -0.15) is 0 Å². The second-order valence-corrected chi connectivity index (χ2v) is 9.42. The Balaban J connectivity index is 1.34. The van der Waals surface area contributed by atoms with Crippen LogP contribution in [0.3, 0.4) is 0 Å². The molecule has 6 rings (SSSR count). The van der Waals surface area contributed by atoms with Gasteiger partial charge in [-0.25, -0.2) is 9.97 Å². The summed E-state index contributed by atoms with van der Waals surface area (Å²) in [4.78, 5) is 27.3. The number of nitrogens with zero attached hydrogens (tertiary/aromatic N) is 6. The zero-order chi connectivity index (χ0) is 23.6. The van der Waals surface area contributed by atoms with Crippen molar-refractivity contribution in [1.82, 2.24) is 25.1 Å². The second kappa shape index (κ2) is 9.23. The summed E-state index contributed by atoms with van der Waals surface area (Å²) in [5.74, 6) is 0.593. The summed E-state index contributed by atoms with van der Waals surface area (Å²) in [5.41, 5.74) is 2.93. The van der Waals surface area contributed by atoms with Gasteiger partial charge in [-0.3, -0.25) is 4.79 Å². The summed E-state index contributed by atoms with van der Waals surface area (Å²) in [6.45, 7) is 2.49. The quantitative estimate of drug-likeness (QED) is 0.370. The van der Waals surface area contributed by atoms with Gasteiger partial charge in [0.2, 0.25) is 5.95 Å². The number of thiophene rings is 1. The first kappa shape index (κ1) is 21.4. The molecule has 0 bridgehead atoms. The molecule has 1 saturated heterocycles. The van der Waals surface area contributed by atoms with E-state index in [0.717, 1.165) is 27.1 Å². The van der Waals surface area contributed by atoms with Crippen molar-refractivity contribution >= 4 is 33.3 Å². The van der Waals surface area contributed by atoms with E-state index >= 15 is 0 Å². The number of fused-ring (bicyclic) bond motifs is 1. The van der Waals surface area contributed by atoms with Crippen LogP contribution in [0, 0.1) is 0 Å². The molecule has 0 atom stereocenters. The molecule has 35 heavy (non-hydrogen) atoms. The first-order chi connectivity index (χ1) is 17.3. The SMILES string of the molecule is O=C(c1nnc(-c2ccccc2)cc1-c1cc2ccccc2s1)N1CCN(c2ncccn2)CC1. The van der Waals surface area contributed by atoms with E-state index in [9.17, 15) is 4.79 Å². The summed E-state index contributed by atoms with van der Waals surface area (Å²) in [5, 5.41) is 10.1. The van der Waals surface area contributed by atoms with Gasteiger partial charge in [0.1, 0.15) is 0 Å². The monoisotopic (exact) mass is 478 g/mol. The molecule has 4 heterocycles. The number of aromatic nitrogens is 4. The number of anilines is 1. The predicted octanol–water partition coefficient (Wildman–Crippen LogP) is 4.78. The molecule has 2 aromatic carbocycles. The minimum absolute atomic E-state index is 0.0989. The fourth-order valence-electron chi connectivity index (χ4n) is 4.32. The van der Waals surface area contributed by atoms with Gasteiger partial charge in [0.05, 0.1) is 5.69 Å². The molecular formula is C27H22N6OS. The topological polar surface area (TPSA) is 75.1 Å². The van der Waals surface area contributed by atoms with Gasteiger partial charge in [0, 0.05) is 59.3 Å². The molecule has 1 fully saturated rings. The predicted molar refractivity (Wildman–Crippen MR) is 138 cm³/mol. The van der Waals surface area contributed by atoms with Crippen molar-refractivity contribution < 1.29 is 4.79 Å². The average molecular weight is 479 g/mol. The van der Waals surface area contributed by atoms with Crippen LogP contribution in [0.5, 0.6) is 0 Å². The van der Waals surface area contributed by atoms with E-state index in [-0.39, 0.29) is 5.91 Å². The van der Waals surface area contributed by atoms with Crippen molar-refractivity contribution in [3.8, 4) is 21.7 Å². The van der Waals surface area contributed by atoms with Crippen molar-refractivity contribution in [3.63, 3.8) is 0 Å². The van der Waals surface area contributed by atoms with E-state index in [1.54, 1.807) is 29.8 Å². The maximum absolute atomic E-state index is 13.7. The van der Waals surface area contributed by atoms with Gasteiger partial charge in [-0.1, -0.05) is 48.5 Å². The molecule has 1 aliphatic heterocycles. The Morgan fingerprint density at radius 3 is 2.31 bits per heavy atom. The minimum Gasteiger partial charge on any atom is -0.337 e. The lowest BCUT2D eigenvalue weighted by Gasteiger charge is -2.34. The van der Waals surface area contributed by atoms with Crippen molar-refractivity contribution in [2.75, 3.05) is 31.1 Å². The van der Waals surface area contributed by atoms with Crippen LogP contribution in [0.1, 0.15) is 10.5 Å². The van der Waals surface area contributed by atoms with Crippen molar-refractivity contribution in [2.24, 2.45) is 0 Å². The molecule has 0 radical (unpaired) electrons. The molecule has 0 unspecified atom stereocenters. The number of carbonyl (C=O) groups excluding carboxylic acids is 1. The number of benzene rings is 2. The van der Waals surface area contributed by atoms with E-state index in [0.29, 0.717) is 37.8 Å². The standard InChI is InChI=1S/C27H22N6OS/c34-26(32-13-15-33(16-14-32)27-28-11-6-12-29-27)25-21(24-17-20-9-4-5-10-23(20)35-24)18-22(30-31-25)19-7-2-1-3-8-19/h1-12,17-18H,13-16H2. The van der Waals surface area contributed by atoms with Crippen molar-refractivity contribution in [3.05, 3.63) is 90.9 Å². The highest BCUT2D eigenvalue weighted by Gasteiger charge is 2.27. The van der Waals surface area contributed by atoms with E-state index in [1.807, 2.05) is 53.4 Å². The molecule has 0 saturated carbocycles. The third-order valence-electron chi connectivity index (χ3n) is 6.16. The molecule has 172 valence electrons. The van der Waals surface area contributed by atoms with Crippen LogP contribution < -0.4 is 4.90 Å². The first-order valence-corrected chi connectivity index (χ1v) is 12.3. The molecule has 5 aromatic rings. The average Bonchev–Trinajstić information content (AvgIpc) is 3.38. The maximum Gasteiger partial charge on any atom is 0.275 e. The van der Waals surface area contributed by atoms with E-state index < -0.39 is 0 Å². The summed E-state index contributed by atoms with van der Waals surface area (Å²) in [7, 11) is 0. The Kier molecular flexibility index (Phi) is 5.64. The number of carbonyl (C=O) groups is 1. The minimum atomic E-state index is -0.0989. The number of hydrogen-bond donors (Lipinski definition) is 0. The van der Waals surface area contributed by atoms with Gasteiger partial charge >= 0.3 is 0 Å². The molecule has 0 N–H and O–H groups in total. The van der Waals surface area contributed by atoms with Crippen LogP contribution in [-0.2, 0) is 0 Å². The van der Waals surface area contributed by atoms with Gasteiger partial charge in [0.25, 0.3) is 5.91 Å². The Hall–Kier alpha value is -4.17. The maximum atomic E-state index is 13.7. The molecule has 3 aromatic heterocycles. The zero-order valence-electron chi connectivity index (χ0n) is 18.9. The third-order valence-corrected chi connectivity index (χ3v) is 7.31. The van der Waals surface area contributed by atoms with Crippen LogP contribution in [0.15, 0.2) is 85.2 Å². The summed E-state index contributed by atoms with van der Waals surface area (Å²) in [6.07, 6.45) is 3.47. The smallest absolute Gasteiger partial charge is 0.275 e. The lowest BCUT2D eigenvalue weighted by molar-refractivity contribution is 0.0740. The number of hydrogen-bond acceptors (Lipinski definition) is 7. The van der Waals surface area contributed by atoms with Gasteiger partial charge in [-0.05, 0) is 29.7 Å². The first-order valence-electron chi connectivity index (χ1n) is 11.5. The Morgan fingerprint density at radius 1 is 0.800 bits per heavy atom. The zero-order valence-corrected chi connectivity index (χ0v) is 19.7. The van der Waals surface area contributed by atoms with Crippen molar-refractivity contribution in [2.45, 2.75) is 0 Å². The highest BCUT2D eigenvalue weighted by molar-refractivity contribution is 7.22. The highest BCUT2D eigenvalue weighted by Crippen LogP contribution is 2.36. The fraction of sp³-hybridized carbons (Fsp3) is 0.148. The van der Waals surface area contributed by atoms with Crippen LogP contribution in [0.4, 0.5) is 5.95 Å². The van der Waals surface area contributed by atoms with E-state index in [4.69, 9.17) is 0 Å². The molecule has 7 nitrogen and oxygen atoms in total. The Bertz CT molecular complexity index is 1450.